The fourth-order valence-corrected chi connectivity index (χ4v) is 2.94. The Kier molecular flexibility index (Phi) is 18.4. The van der Waals surface area contributed by atoms with Gasteiger partial charge in [-0.15, -0.1) is 8.78 Å². The third-order valence-electron chi connectivity index (χ3n) is 4.67. The summed E-state index contributed by atoms with van der Waals surface area (Å²) in [4.78, 5) is 0. The molecule has 43 heavy (non-hydrogen) atoms. The number of alkyl halides is 6. The van der Waals surface area contributed by atoms with E-state index in [1.807, 2.05) is 13.0 Å². The van der Waals surface area contributed by atoms with Crippen molar-refractivity contribution < 1.29 is 84.7 Å². The van der Waals surface area contributed by atoms with Gasteiger partial charge in [-0.3, -0.25) is 0 Å². The van der Waals surface area contributed by atoms with Crippen molar-refractivity contribution in [2.45, 2.75) is 43.7 Å². The molecule has 12 nitrogen and oxygen atoms in total. The van der Waals surface area contributed by atoms with Crippen molar-refractivity contribution >= 4 is 0 Å². The van der Waals surface area contributed by atoms with Gasteiger partial charge in [-0.2, -0.15) is 17.6 Å². The number of aryl methyl sites for hydroxylation is 1. The quantitative estimate of drug-likeness (QED) is 0.0653. The van der Waals surface area contributed by atoms with Gasteiger partial charge < -0.3 is 48.8 Å². The number of hydrogen-bond acceptors (Lipinski definition) is 12. The lowest BCUT2D eigenvalue weighted by Gasteiger charge is -2.26. The van der Waals surface area contributed by atoms with Crippen LogP contribution >= 0.6 is 0 Å². The molecule has 0 radical (unpaired) electrons. The summed E-state index contributed by atoms with van der Waals surface area (Å²) in [6, 6.07) is 7.18. The van der Waals surface area contributed by atoms with Crippen LogP contribution in [0.15, 0.2) is 24.3 Å². The van der Waals surface area contributed by atoms with E-state index >= 15 is 0 Å². The van der Waals surface area contributed by atoms with Gasteiger partial charge in [0.05, 0.1) is 59.5 Å². The molecule has 0 aliphatic heterocycles. The Morgan fingerprint density at radius 1 is 0.651 bits per heavy atom. The number of ether oxygens (including phenoxy) is 8. The van der Waals surface area contributed by atoms with E-state index in [1.54, 1.807) is 18.2 Å². The minimum absolute atomic E-state index is 0.0505. The van der Waals surface area contributed by atoms with Crippen LogP contribution in [0.3, 0.4) is 0 Å². The minimum atomic E-state index is -5.45. The Bertz CT molecular complexity index is 870. The standard InChI is InChI=1S/C25H38F6O12/c1-18-3-2-4-22(9-18)41-15-21(35)13-39-12-19(33)11-37-7-8-38-16-23(26,27)42-25(30,31)43-24(28,29)17-40-14-20(34)10-36-6-5-32/h2-4,9,19-21,32-35H,5-8,10-17H2,1H3. The van der Waals surface area contributed by atoms with Crippen molar-refractivity contribution in [3.63, 3.8) is 0 Å². The average Bonchev–Trinajstić information content (AvgIpc) is 2.88. The normalized spacial score (nSPS) is 15.0. The largest absolute Gasteiger partial charge is 0.495 e. The van der Waals surface area contributed by atoms with Crippen molar-refractivity contribution in [3.8, 4) is 5.75 Å². The number of halogens is 6. The molecule has 0 saturated carbocycles. The molecule has 0 aromatic heterocycles. The lowest BCUT2D eigenvalue weighted by molar-refractivity contribution is -0.518. The van der Waals surface area contributed by atoms with Crippen molar-refractivity contribution in [3.05, 3.63) is 29.8 Å². The third-order valence-corrected chi connectivity index (χ3v) is 4.67. The topological polar surface area (TPSA) is 155 Å². The Labute approximate surface area is 243 Å². The first kappa shape index (κ1) is 39.2. The molecule has 0 spiro atoms. The number of rotatable bonds is 26. The van der Waals surface area contributed by atoms with Crippen LogP contribution in [0.2, 0.25) is 0 Å². The molecule has 0 fully saturated rings. The van der Waals surface area contributed by atoms with Crippen LogP contribution in [-0.4, -0.2) is 137 Å². The summed E-state index contributed by atoms with van der Waals surface area (Å²) < 4.78 is 116. The first-order valence-electron chi connectivity index (χ1n) is 12.9. The molecule has 3 unspecified atom stereocenters. The predicted octanol–water partition coefficient (Wildman–Crippen LogP) is 1.30. The molecular formula is C25H38F6O12. The fourth-order valence-electron chi connectivity index (χ4n) is 2.94. The molecule has 0 amide bonds. The van der Waals surface area contributed by atoms with Crippen molar-refractivity contribution in [1.29, 1.82) is 0 Å². The van der Waals surface area contributed by atoms with Gasteiger partial charge in [-0.05, 0) is 24.6 Å². The van der Waals surface area contributed by atoms with Crippen molar-refractivity contribution in [1.82, 2.24) is 0 Å². The third kappa shape index (κ3) is 20.7. The fraction of sp³-hybridized carbons (Fsp3) is 0.760. The maximum absolute atomic E-state index is 13.6. The lowest BCUT2D eigenvalue weighted by atomic mass is 10.2. The minimum Gasteiger partial charge on any atom is -0.491 e. The highest BCUT2D eigenvalue weighted by molar-refractivity contribution is 5.27. The lowest BCUT2D eigenvalue weighted by Crippen LogP contribution is -2.44. The second kappa shape index (κ2) is 20.2. The summed E-state index contributed by atoms with van der Waals surface area (Å²) >= 11 is 0. The van der Waals surface area contributed by atoms with Gasteiger partial charge in [0, 0.05) is 0 Å². The Balaban J connectivity index is 2.17. The summed E-state index contributed by atoms with van der Waals surface area (Å²) in [5.74, 6) is 0.569. The van der Waals surface area contributed by atoms with Crippen molar-refractivity contribution in [2.75, 3.05) is 79.3 Å². The number of aliphatic hydroxyl groups excluding tert-OH is 4. The Hall–Kier alpha value is -1.84. The molecule has 0 saturated heterocycles. The zero-order valence-corrected chi connectivity index (χ0v) is 23.3. The SMILES string of the molecule is Cc1cccc(OCC(O)COCC(O)COCCOCC(F)(F)OC(F)(F)OC(F)(F)COCC(O)COCCO)c1. The van der Waals surface area contributed by atoms with E-state index in [0.29, 0.717) is 5.75 Å². The van der Waals surface area contributed by atoms with Crippen LogP contribution < -0.4 is 4.74 Å². The number of aliphatic hydroxyl groups is 4. The second-order valence-electron chi connectivity index (χ2n) is 9.01. The highest BCUT2D eigenvalue weighted by Gasteiger charge is 2.52. The predicted molar refractivity (Wildman–Crippen MR) is 133 cm³/mol. The maximum Gasteiger partial charge on any atom is 0.495 e. The first-order valence-corrected chi connectivity index (χ1v) is 12.9. The van der Waals surface area contributed by atoms with Crippen LogP contribution in [0.5, 0.6) is 5.75 Å². The Morgan fingerprint density at radius 2 is 1.14 bits per heavy atom. The summed E-state index contributed by atoms with van der Waals surface area (Å²) in [5, 5.41) is 37.6. The Morgan fingerprint density at radius 3 is 1.72 bits per heavy atom. The molecule has 1 rings (SSSR count). The van der Waals surface area contributed by atoms with Crippen LogP contribution in [0.1, 0.15) is 5.56 Å². The first-order chi connectivity index (χ1) is 20.1. The molecule has 252 valence electrons. The van der Waals surface area contributed by atoms with Gasteiger partial charge in [0.15, 0.2) is 0 Å². The van der Waals surface area contributed by atoms with E-state index < -0.39 is 69.9 Å². The van der Waals surface area contributed by atoms with Gasteiger partial charge >= 0.3 is 18.5 Å². The summed E-state index contributed by atoms with van der Waals surface area (Å²) in [6.07, 6.45) is -18.6. The molecular weight excluding hydrogens is 606 g/mol. The van der Waals surface area contributed by atoms with Crippen LogP contribution in [-0.2, 0) is 33.2 Å². The highest BCUT2D eigenvalue weighted by Crippen LogP contribution is 2.33. The van der Waals surface area contributed by atoms with E-state index in [-0.39, 0.29) is 46.2 Å². The van der Waals surface area contributed by atoms with E-state index in [9.17, 15) is 41.7 Å². The van der Waals surface area contributed by atoms with Crippen LogP contribution in [0.4, 0.5) is 26.3 Å². The summed E-state index contributed by atoms with van der Waals surface area (Å²) in [6.45, 7) is -5.12. The van der Waals surface area contributed by atoms with Gasteiger partial charge in [-0.1, -0.05) is 12.1 Å². The molecule has 0 aliphatic carbocycles. The molecule has 1 aromatic rings. The van der Waals surface area contributed by atoms with Gasteiger partial charge in [0.25, 0.3) is 0 Å². The monoisotopic (exact) mass is 644 g/mol. The zero-order chi connectivity index (χ0) is 32.4. The molecule has 0 bridgehead atoms. The van der Waals surface area contributed by atoms with E-state index in [4.69, 9.17) is 24.1 Å². The zero-order valence-electron chi connectivity index (χ0n) is 23.3. The van der Waals surface area contributed by atoms with E-state index in [2.05, 4.69) is 18.9 Å². The maximum atomic E-state index is 13.6. The molecule has 4 N–H and O–H groups in total. The van der Waals surface area contributed by atoms with E-state index in [0.717, 1.165) is 5.56 Å². The van der Waals surface area contributed by atoms with Gasteiger partial charge in [0.2, 0.25) is 0 Å². The summed E-state index contributed by atoms with van der Waals surface area (Å²) in [7, 11) is 0. The molecule has 3 atom stereocenters. The number of hydrogen-bond donors (Lipinski definition) is 4. The molecule has 0 heterocycles. The molecule has 1 aromatic carbocycles. The van der Waals surface area contributed by atoms with E-state index in [1.165, 1.54) is 0 Å². The average molecular weight is 645 g/mol. The van der Waals surface area contributed by atoms with Crippen LogP contribution in [0, 0.1) is 6.92 Å². The van der Waals surface area contributed by atoms with Crippen molar-refractivity contribution in [2.24, 2.45) is 0 Å². The van der Waals surface area contributed by atoms with Gasteiger partial charge in [0.1, 0.15) is 43.9 Å². The highest BCUT2D eigenvalue weighted by atomic mass is 19.3. The number of benzene rings is 1. The molecule has 0 aliphatic rings. The smallest absolute Gasteiger partial charge is 0.491 e. The summed E-state index contributed by atoms with van der Waals surface area (Å²) in [5.41, 5.74) is 0.980. The second-order valence-corrected chi connectivity index (χ2v) is 9.01. The molecule has 18 heteroatoms. The van der Waals surface area contributed by atoms with Gasteiger partial charge in [-0.25, -0.2) is 9.47 Å². The van der Waals surface area contributed by atoms with Crippen LogP contribution in [0.25, 0.3) is 0 Å².